The molecule has 0 aromatic heterocycles. The first-order chi connectivity index (χ1) is 9.91. The highest BCUT2D eigenvalue weighted by atomic mass is 16.5. The number of nitrogens with one attached hydrogen (secondary N) is 1. The van der Waals surface area contributed by atoms with Crippen molar-refractivity contribution in [2.24, 2.45) is 5.92 Å². The number of hydrogen-bond donors (Lipinski definition) is 1. The molecule has 1 heterocycles. The predicted octanol–water partition coefficient (Wildman–Crippen LogP) is 1.95. The summed E-state index contributed by atoms with van der Waals surface area (Å²) in [6.07, 6.45) is 1.59. The molecule has 5 nitrogen and oxygen atoms in total. The van der Waals surface area contributed by atoms with E-state index in [1.807, 2.05) is 25.7 Å². The molecule has 1 aliphatic rings. The molecule has 0 spiro atoms. The number of carbonyl (C=O) groups excluding carboxylic acids is 2. The SMILES string of the molecule is CCOCC(C(C)C)N1CCC(=O)NC(CC)(CC)C1=O. The van der Waals surface area contributed by atoms with Gasteiger partial charge in [0.1, 0.15) is 5.54 Å². The molecule has 21 heavy (non-hydrogen) atoms. The van der Waals surface area contributed by atoms with E-state index >= 15 is 0 Å². The van der Waals surface area contributed by atoms with Crippen LogP contribution in [0.25, 0.3) is 0 Å². The predicted molar refractivity (Wildman–Crippen MR) is 82.9 cm³/mol. The lowest BCUT2D eigenvalue weighted by molar-refractivity contribution is -0.143. The van der Waals surface area contributed by atoms with Gasteiger partial charge in [-0.1, -0.05) is 27.7 Å². The van der Waals surface area contributed by atoms with Crippen molar-refractivity contribution in [2.45, 2.75) is 65.5 Å². The van der Waals surface area contributed by atoms with Crippen LogP contribution in [0.1, 0.15) is 53.9 Å². The lowest BCUT2D eigenvalue weighted by Gasteiger charge is -2.39. The third-order valence-corrected chi connectivity index (χ3v) is 4.50. The number of rotatable bonds is 7. The molecule has 0 aliphatic carbocycles. The largest absolute Gasteiger partial charge is 0.380 e. The van der Waals surface area contributed by atoms with Gasteiger partial charge in [-0.3, -0.25) is 9.59 Å². The molecule has 122 valence electrons. The summed E-state index contributed by atoms with van der Waals surface area (Å²) in [5.74, 6) is 0.297. The summed E-state index contributed by atoms with van der Waals surface area (Å²) in [6, 6.07) is 0.0163. The molecule has 1 rings (SSSR count). The van der Waals surface area contributed by atoms with Crippen molar-refractivity contribution in [1.29, 1.82) is 0 Å². The van der Waals surface area contributed by atoms with E-state index in [4.69, 9.17) is 4.74 Å². The van der Waals surface area contributed by atoms with Gasteiger partial charge in [0, 0.05) is 19.6 Å². The molecule has 1 fully saturated rings. The smallest absolute Gasteiger partial charge is 0.248 e. The van der Waals surface area contributed by atoms with Crippen LogP contribution in [0.5, 0.6) is 0 Å². The summed E-state index contributed by atoms with van der Waals surface area (Å²) in [5, 5.41) is 2.95. The molecular weight excluding hydrogens is 268 g/mol. The van der Waals surface area contributed by atoms with E-state index in [-0.39, 0.29) is 17.9 Å². The summed E-state index contributed by atoms with van der Waals surface area (Å²) < 4.78 is 5.56. The molecule has 0 radical (unpaired) electrons. The fourth-order valence-corrected chi connectivity index (χ4v) is 2.91. The summed E-state index contributed by atoms with van der Waals surface area (Å²) in [7, 11) is 0. The first-order valence-corrected chi connectivity index (χ1v) is 8.11. The highest BCUT2D eigenvalue weighted by Gasteiger charge is 2.44. The second kappa shape index (κ2) is 7.78. The van der Waals surface area contributed by atoms with E-state index in [9.17, 15) is 9.59 Å². The molecule has 1 saturated heterocycles. The van der Waals surface area contributed by atoms with Gasteiger partial charge in [-0.15, -0.1) is 0 Å². The Kier molecular flexibility index (Phi) is 6.65. The zero-order valence-electron chi connectivity index (χ0n) is 14.1. The lowest BCUT2D eigenvalue weighted by atomic mass is 9.90. The summed E-state index contributed by atoms with van der Waals surface area (Å²) in [5.41, 5.74) is -0.757. The minimum absolute atomic E-state index is 0.0163. The standard InChI is InChI=1S/C16H30N2O3/c1-6-16(7-2)15(20)18(10-9-14(19)17-16)13(12(4)5)11-21-8-3/h12-13H,6-11H2,1-5H3,(H,17,19). The summed E-state index contributed by atoms with van der Waals surface area (Å²) in [6.45, 7) is 11.7. The van der Waals surface area contributed by atoms with E-state index in [1.54, 1.807) is 0 Å². The first-order valence-electron chi connectivity index (χ1n) is 8.11. The first kappa shape index (κ1) is 18.0. The van der Waals surface area contributed by atoms with Crippen molar-refractivity contribution in [3.05, 3.63) is 0 Å². The molecule has 1 atom stereocenters. The normalized spacial score (nSPS) is 20.4. The Balaban J connectivity index is 3.07. The van der Waals surface area contributed by atoms with Gasteiger partial charge < -0.3 is 15.0 Å². The van der Waals surface area contributed by atoms with E-state index in [2.05, 4.69) is 19.2 Å². The van der Waals surface area contributed by atoms with E-state index in [0.717, 1.165) is 0 Å². The molecule has 0 aromatic rings. The van der Waals surface area contributed by atoms with Crippen LogP contribution in [0, 0.1) is 5.92 Å². The van der Waals surface area contributed by atoms with Crippen LogP contribution in [0.3, 0.4) is 0 Å². The Labute approximate surface area is 128 Å². The Bertz CT molecular complexity index is 365. The number of nitrogens with zero attached hydrogens (tertiary/aromatic N) is 1. The maximum atomic E-state index is 13.0. The lowest BCUT2D eigenvalue weighted by Crippen LogP contribution is -2.59. The minimum Gasteiger partial charge on any atom is -0.380 e. The monoisotopic (exact) mass is 298 g/mol. The maximum Gasteiger partial charge on any atom is 0.248 e. The molecule has 0 bridgehead atoms. The van der Waals surface area contributed by atoms with Crippen LogP contribution in [-0.4, -0.2) is 48.1 Å². The zero-order chi connectivity index (χ0) is 16.0. The van der Waals surface area contributed by atoms with Crippen LogP contribution in [0.2, 0.25) is 0 Å². The third kappa shape index (κ3) is 3.96. The summed E-state index contributed by atoms with van der Waals surface area (Å²) >= 11 is 0. The van der Waals surface area contributed by atoms with Crippen molar-refractivity contribution < 1.29 is 14.3 Å². The van der Waals surface area contributed by atoms with Crippen molar-refractivity contribution in [3.8, 4) is 0 Å². The second-order valence-corrected chi connectivity index (χ2v) is 6.06. The van der Waals surface area contributed by atoms with Crippen LogP contribution in [-0.2, 0) is 14.3 Å². The Morgan fingerprint density at radius 2 is 1.86 bits per heavy atom. The maximum absolute atomic E-state index is 13.0. The van der Waals surface area contributed by atoms with Crippen LogP contribution < -0.4 is 5.32 Å². The minimum atomic E-state index is -0.757. The number of carbonyl (C=O) groups is 2. The quantitative estimate of drug-likeness (QED) is 0.781. The molecular formula is C16H30N2O3. The van der Waals surface area contributed by atoms with Gasteiger partial charge in [-0.05, 0) is 25.7 Å². The molecule has 0 saturated carbocycles. The van der Waals surface area contributed by atoms with Crippen LogP contribution >= 0.6 is 0 Å². The molecule has 1 aliphatic heterocycles. The van der Waals surface area contributed by atoms with Gasteiger partial charge in [0.15, 0.2) is 0 Å². The second-order valence-electron chi connectivity index (χ2n) is 6.06. The van der Waals surface area contributed by atoms with Crippen molar-refractivity contribution in [3.63, 3.8) is 0 Å². The molecule has 1 unspecified atom stereocenters. The van der Waals surface area contributed by atoms with Gasteiger partial charge >= 0.3 is 0 Å². The van der Waals surface area contributed by atoms with E-state index < -0.39 is 5.54 Å². The Morgan fingerprint density at radius 1 is 1.24 bits per heavy atom. The fourth-order valence-electron chi connectivity index (χ4n) is 2.91. The highest BCUT2D eigenvalue weighted by Crippen LogP contribution is 2.25. The van der Waals surface area contributed by atoms with Gasteiger partial charge in [-0.25, -0.2) is 0 Å². The molecule has 0 aromatic carbocycles. The Hall–Kier alpha value is -1.10. The molecule has 1 N–H and O–H groups in total. The highest BCUT2D eigenvalue weighted by molar-refractivity contribution is 5.93. The van der Waals surface area contributed by atoms with Gasteiger partial charge in [-0.2, -0.15) is 0 Å². The van der Waals surface area contributed by atoms with E-state index in [1.165, 1.54) is 0 Å². The van der Waals surface area contributed by atoms with Gasteiger partial charge in [0.2, 0.25) is 11.8 Å². The molecule has 5 heteroatoms. The Morgan fingerprint density at radius 3 is 2.33 bits per heavy atom. The van der Waals surface area contributed by atoms with E-state index in [0.29, 0.717) is 44.9 Å². The number of hydrogen-bond acceptors (Lipinski definition) is 3. The summed E-state index contributed by atoms with van der Waals surface area (Å²) in [4.78, 5) is 26.9. The third-order valence-electron chi connectivity index (χ3n) is 4.50. The molecule has 2 amide bonds. The topological polar surface area (TPSA) is 58.6 Å². The number of amides is 2. The van der Waals surface area contributed by atoms with Gasteiger partial charge in [0.25, 0.3) is 0 Å². The van der Waals surface area contributed by atoms with Crippen molar-refractivity contribution in [2.75, 3.05) is 19.8 Å². The van der Waals surface area contributed by atoms with Crippen molar-refractivity contribution in [1.82, 2.24) is 10.2 Å². The average molecular weight is 298 g/mol. The van der Waals surface area contributed by atoms with Crippen LogP contribution in [0.4, 0.5) is 0 Å². The van der Waals surface area contributed by atoms with Crippen LogP contribution in [0.15, 0.2) is 0 Å². The average Bonchev–Trinajstić information content (AvgIpc) is 2.58. The van der Waals surface area contributed by atoms with Gasteiger partial charge in [0.05, 0.1) is 12.6 Å². The fraction of sp³-hybridized carbons (Fsp3) is 0.875. The van der Waals surface area contributed by atoms with Crippen molar-refractivity contribution >= 4 is 11.8 Å². The zero-order valence-corrected chi connectivity index (χ0v) is 14.1. The number of ether oxygens (including phenoxy) is 1.